The van der Waals surface area contributed by atoms with E-state index < -0.39 is 0 Å². The van der Waals surface area contributed by atoms with Gasteiger partial charge in [0, 0.05) is 12.6 Å². The first kappa shape index (κ1) is 14.4. The average molecular weight is 319 g/mol. The Labute approximate surface area is 137 Å². The topological polar surface area (TPSA) is 50.9 Å². The molecule has 118 valence electrons. The van der Waals surface area contributed by atoms with Crippen molar-refractivity contribution in [2.45, 2.75) is 6.42 Å². The third-order valence-electron chi connectivity index (χ3n) is 3.82. The van der Waals surface area contributed by atoms with Gasteiger partial charge in [-0.05, 0) is 48.0 Å². The van der Waals surface area contributed by atoms with Gasteiger partial charge in [-0.3, -0.25) is 4.57 Å². The van der Waals surface area contributed by atoms with Crippen molar-refractivity contribution in [2.75, 3.05) is 0 Å². The van der Waals surface area contributed by atoms with Crippen LogP contribution in [0.15, 0.2) is 66.9 Å². The Kier molecular flexibility index (Phi) is 3.46. The molecule has 0 fully saturated rings. The van der Waals surface area contributed by atoms with Gasteiger partial charge in [0.2, 0.25) is 0 Å². The second-order valence-electron chi connectivity index (χ2n) is 5.54. The van der Waals surface area contributed by atoms with E-state index in [2.05, 4.69) is 9.97 Å². The summed E-state index contributed by atoms with van der Waals surface area (Å²) in [5.41, 5.74) is 3.02. The zero-order valence-electron chi connectivity index (χ0n) is 12.7. The van der Waals surface area contributed by atoms with Crippen LogP contribution in [0.25, 0.3) is 16.9 Å². The Morgan fingerprint density at radius 3 is 2.71 bits per heavy atom. The first-order valence-electron chi connectivity index (χ1n) is 7.57. The molecule has 0 radical (unpaired) electrons. The van der Waals surface area contributed by atoms with Crippen molar-refractivity contribution in [3.63, 3.8) is 0 Å². The molecule has 0 aliphatic heterocycles. The number of halogens is 1. The van der Waals surface area contributed by atoms with Crippen molar-refractivity contribution in [2.24, 2.45) is 0 Å². The van der Waals surface area contributed by atoms with E-state index in [0.29, 0.717) is 17.8 Å². The molecule has 1 N–H and O–H groups in total. The van der Waals surface area contributed by atoms with Crippen LogP contribution in [0.4, 0.5) is 4.39 Å². The van der Waals surface area contributed by atoms with Crippen molar-refractivity contribution < 1.29 is 9.50 Å². The molecule has 0 bridgehead atoms. The maximum absolute atomic E-state index is 13.7. The molecule has 0 amide bonds. The van der Waals surface area contributed by atoms with Crippen LogP contribution in [0, 0.1) is 5.82 Å². The van der Waals surface area contributed by atoms with Crippen molar-refractivity contribution >= 4 is 11.2 Å². The van der Waals surface area contributed by atoms with Gasteiger partial charge in [-0.15, -0.1) is 0 Å². The van der Waals surface area contributed by atoms with Gasteiger partial charge in [0.1, 0.15) is 22.9 Å². The summed E-state index contributed by atoms with van der Waals surface area (Å²) in [4.78, 5) is 9.04. The number of rotatable bonds is 3. The summed E-state index contributed by atoms with van der Waals surface area (Å²) in [7, 11) is 0. The molecule has 4 aromatic rings. The predicted molar refractivity (Wildman–Crippen MR) is 89.7 cm³/mol. The standard InChI is InChI=1S/C19H14FN3O/c20-14-5-2-6-15(12-14)23-18(11-13-4-1-7-16(24)10-13)22-17-8-3-9-21-19(17)23/h1-10,12,24H,11H2. The van der Waals surface area contributed by atoms with Crippen molar-refractivity contribution in [1.82, 2.24) is 14.5 Å². The summed E-state index contributed by atoms with van der Waals surface area (Å²) in [6, 6.07) is 17.1. The largest absolute Gasteiger partial charge is 0.508 e. The number of fused-ring (bicyclic) bond motifs is 1. The number of nitrogens with zero attached hydrogens (tertiary/aromatic N) is 3. The predicted octanol–water partition coefficient (Wildman–Crippen LogP) is 3.86. The Hall–Kier alpha value is -3.21. The highest BCUT2D eigenvalue weighted by Crippen LogP contribution is 2.23. The van der Waals surface area contributed by atoms with Gasteiger partial charge in [-0.1, -0.05) is 18.2 Å². The maximum Gasteiger partial charge on any atom is 0.164 e. The number of phenolic OH excluding ortho intramolecular Hbond substituents is 1. The zero-order chi connectivity index (χ0) is 16.5. The second-order valence-corrected chi connectivity index (χ2v) is 5.54. The minimum Gasteiger partial charge on any atom is -0.508 e. The third-order valence-corrected chi connectivity index (χ3v) is 3.82. The molecule has 24 heavy (non-hydrogen) atoms. The molecule has 4 rings (SSSR count). The highest BCUT2D eigenvalue weighted by atomic mass is 19.1. The molecule has 0 aliphatic rings. The van der Waals surface area contributed by atoms with E-state index in [1.165, 1.54) is 12.1 Å². The molecule has 0 aliphatic carbocycles. The van der Waals surface area contributed by atoms with E-state index in [4.69, 9.17) is 0 Å². The van der Waals surface area contributed by atoms with E-state index >= 15 is 0 Å². The first-order valence-corrected chi connectivity index (χ1v) is 7.57. The Bertz CT molecular complexity index is 1030. The molecular weight excluding hydrogens is 305 g/mol. The Morgan fingerprint density at radius 1 is 1.00 bits per heavy atom. The molecule has 0 atom stereocenters. The molecule has 0 spiro atoms. The fourth-order valence-electron chi connectivity index (χ4n) is 2.81. The molecule has 4 nitrogen and oxygen atoms in total. The van der Waals surface area contributed by atoms with Crippen LogP contribution < -0.4 is 0 Å². The van der Waals surface area contributed by atoms with Crippen molar-refractivity contribution in [3.8, 4) is 11.4 Å². The summed E-state index contributed by atoms with van der Waals surface area (Å²) in [6.45, 7) is 0. The highest BCUT2D eigenvalue weighted by molar-refractivity contribution is 5.74. The molecule has 0 saturated carbocycles. The van der Waals surface area contributed by atoms with Gasteiger partial charge in [0.15, 0.2) is 5.65 Å². The van der Waals surface area contributed by atoms with Gasteiger partial charge in [0.05, 0.1) is 5.69 Å². The van der Waals surface area contributed by atoms with Crippen LogP contribution in [-0.2, 0) is 6.42 Å². The second kappa shape index (κ2) is 5.77. The molecule has 0 saturated heterocycles. The molecule has 2 heterocycles. The smallest absolute Gasteiger partial charge is 0.164 e. The first-order chi connectivity index (χ1) is 11.7. The van der Waals surface area contributed by atoms with E-state index in [9.17, 15) is 9.50 Å². The number of benzene rings is 2. The minimum atomic E-state index is -0.311. The van der Waals surface area contributed by atoms with Crippen LogP contribution in [0.5, 0.6) is 5.75 Å². The lowest BCUT2D eigenvalue weighted by atomic mass is 10.1. The van der Waals surface area contributed by atoms with Crippen LogP contribution in [-0.4, -0.2) is 19.6 Å². The highest BCUT2D eigenvalue weighted by Gasteiger charge is 2.14. The van der Waals surface area contributed by atoms with Crippen molar-refractivity contribution in [3.05, 3.63) is 84.1 Å². The SMILES string of the molecule is Oc1cccc(Cc2nc3cccnc3n2-c2cccc(F)c2)c1. The van der Waals surface area contributed by atoms with Gasteiger partial charge in [0.25, 0.3) is 0 Å². The molecule has 0 unspecified atom stereocenters. The normalized spacial score (nSPS) is 11.0. The lowest BCUT2D eigenvalue weighted by Gasteiger charge is -2.09. The van der Waals surface area contributed by atoms with E-state index in [1.807, 2.05) is 28.8 Å². The van der Waals surface area contributed by atoms with E-state index in [1.54, 1.807) is 30.5 Å². The van der Waals surface area contributed by atoms with Gasteiger partial charge in [-0.25, -0.2) is 14.4 Å². The zero-order valence-corrected chi connectivity index (χ0v) is 12.7. The number of hydrogen-bond donors (Lipinski definition) is 1. The fraction of sp³-hybridized carbons (Fsp3) is 0.0526. The van der Waals surface area contributed by atoms with Crippen LogP contribution in [0.1, 0.15) is 11.4 Å². The Morgan fingerprint density at radius 2 is 1.88 bits per heavy atom. The molecule has 5 heteroatoms. The molecule has 2 aromatic carbocycles. The minimum absolute atomic E-state index is 0.207. The summed E-state index contributed by atoms with van der Waals surface area (Å²) >= 11 is 0. The monoisotopic (exact) mass is 319 g/mol. The molecular formula is C19H14FN3O. The summed E-state index contributed by atoms with van der Waals surface area (Å²) in [6.07, 6.45) is 2.19. The summed E-state index contributed by atoms with van der Waals surface area (Å²) < 4.78 is 15.5. The fourth-order valence-corrected chi connectivity index (χ4v) is 2.81. The van der Waals surface area contributed by atoms with Gasteiger partial charge >= 0.3 is 0 Å². The van der Waals surface area contributed by atoms with Crippen LogP contribution in [0.2, 0.25) is 0 Å². The average Bonchev–Trinajstić information content (AvgIpc) is 2.92. The van der Waals surface area contributed by atoms with E-state index in [0.717, 1.165) is 16.9 Å². The number of imidazole rings is 1. The van der Waals surface area contributed by atoms with Crippen molar-refractivity contribution in [1.29, 1.82) is 0 Å². The number of aromatic hydroxyl groups is 1. The number of aromatic nitrogens is 3. The number of pyridine rings is 1. The van der Waals surface area contributed by atoms with Gasteiger partial charge < -0.3 is 5.11 Å². The number of phenols is 1. The lowest BCUT2D eigenvalue weighted by molar-refractivity contribution is 0.474. The quantitative estimate of drug-likeness (QED) is 0.624. The van der Waals surface area contributed by atoms with E-state index in [-0.39, 0.29) is 11.6 Å². The lowest BCUT2D eigenvalue weighted by Crippen LogP contribution is -2.03. The summed E-state index contributed by atoms with van der Waals surface area (Å²) in [5, 5.41) is 9.66. The molecule has 2 aromatic heterocycles. The van der Waals surface area contributed by atoms with Crippen LogP contribution >= 0.6 is 0 Å². The maximum atomic E-state index is 13.7. The van der Waals surface area contributed by atoms with Gasteiger partial charge in [-0.2, -0.15) is 0 Å². The van der Waals surface area contributed by atoms with Crippen LogP contribution in [0.3, 0.4) is 0 Å². The summed E-state index contributed by atoms with van der Waals surface area (Å²) in [5.74, 6) is 0.632. The Balaban J connectivity index is 1.90. The third kappa shape index (κ3) is 2.60. The number of hydrogen-bond acceptors (Lipinski definition) is 3.